The molecule has 0 unspecified atom stereocenters. The molecule has 96 valence electrons. The quantitative estimate of drug-likeness (QED) is 0.844. The highest BCUT2D eigenvalue weighted by Gasteiger charge is 2.36. The van der Waals surface area contributed by atoms with E-state index in [2.05, 4.69) is 48.6 Å². The van der Waals surface area contributed by atoms with Crippen LogP contribution in [0.5, 0.6) is 0 Å². The minimum atomic E-state index is 0.589. The average molecular weight is 241 g/mol. The molecule has 2 aliphatic rings. The molecule has 0 heterocycles. The Labute approximate surface area is 110 Å². The summed E-state index contributed by atoms with van der Waals surface area (Å²) in [6, 6.07) is 11.5. The predicted molar refractivity (Wildman–Crippen MR) is 77.3 cm³/mol. The van der Waals surface area contributed by atoms with Crippen LogP contribution in [0.3, 0.4) is 0 Å². The Morgan fingerprint density at radius 2 is 2.00 bits per heavy atom. The predicted octanol–water partition coefficient (Wildman–Crippen LogP) is 3.87. The highest BCUT2D eigenvalue weighted by Crippen LogP contribution is 2.44. The van der Waals surface area contributed by atoms with E-state index in [1.165, 1.54) is 31.2 Å². The molecule has 0 amide bonds. The Morgan fingerprint density at radius 1 is 1.17 bits per heavy atom. The van der Waals surface area contributed by atoms with E-state index in [4.69, 9.17) is 0 Å². The highest BCUT2D eigenvalue weighted by molar-refractivity contribution is 5.71. The van der Waals surface area contributed by atoms with Crippen LogP contribution in [-0.4, -0.2) is 12.6 Å². The molecule has 1 heteroatoms. The number of hydrogen-bond acceptors (Lipinski definition) is 1. The van der Waals surface area contributed by atoms with Crippen LogP contribution >= 0.6 is 0 Å². The summed E-state index contributed by atoms with van der Waals surface area (Å²) in [5.74, 6) is 1.70. The van der Waals surface area contributed by atoms with E-state index in [0.717, 1.165) is 18.4 Å². The van der Waals surface area contributed by atoms with Crippen molar-refractivity contribution in [2.24, 2.45) is 11.8 Å². The lowest BCUT2D eigenvalue weighted by Gasteiger charge is -2.31. The van der Waals surface area contributed by atoms with Crippen molar-refractivity contribution in [3.05, 3.63) is 42.0 Å². The van der Waals surface area contributed by atoms with Gasteiger partial charge in [-0.25, -0.2) is 0 Å². The summed E-state index contributed by atoms with van der Waals surface area (Å²) in [6.45, 7) is 3.38. The lowest BCUT2D eigenvalue weighted by molar-refractivity contribution is 0.405. The number of rotatable bonds is 4. The molecular weight excluding hydrogens is 218 g/mol. The largest absolute Gasteiger partial charge is 0.310 e. The SMILES string of the molecule is CCCN[C@H]1C(c2ccccc2)=C[C@H]2CC[C@H]1C2. The number of nitrogens with one attached hydrogen (secondary N) is 1. The average Bonchev–Trinajstić information content (AvgIpc) is 2.81. The van der Waals surface area contributed by atoms with E-state index >= 15 is 0 Å². The van der Waals surface area contributed by atoms with Gasteiger partial charge in [0.2, 0.25) is 0 Å². The standard InChI is InChI=1S/C17H23N/c1-2-10-18-17-15-9-8-13(11-15)12-16(17)14-6-4-3-5-7-14/h3-7,12-13,15,17-18H,2,8-11H2,1H3/t13-,15-,17+/m0/s1. The zero-order chi connectivity index (χ0) is 12.4. The van der Waals surface area contributed by atoms with Crippen molar-refractivity contribution in [1.29, 1.82) is 0 Å². The minimum absolute atomic E-state index is 0.589. The van der Waals surface area contributed by atoms with Gasteiger partial charge in [-0.15, -0.1) is 0 Å². The summed E-state index contributed by atoms with van der Waals surface area (Å²) in [7, 11) is 0. The molecule has 1 aromatic rings. The molecule has 1 aromatic carbocycles. The van der Waals surface area contributed by atoms with Crippen molar-refractivity contribution in [3.63, 3.8) is 0 Å². The summed E-state index contributed by atoms with van der Waals surface area (Å²) in [5.41, 5.74) is 2.98. The van der Waals surface area contributed by atoms with Gasteiger partial charge in [0.15, 0.2) is 0 Å². The minimum Gasteiger partial charge on any atom is -0.310 e. The fourth-order valence-electron chi connectivity index (χ4n) is 3.60. The molecule has 1 N–H and O–H groups in total. The molecule has 1 fully saturated rings. The lowest BCUT2D eigenvalue weighted by Crippen LogP contribution is -2.38. The van der Waals surface area contributed by atoms with E-state index in [0.29, 0.717) is 6.04 Å². The van der Waals surface area contributed by atoms with Crippen LogP contribution in [0, 0.1) is 11.8 Å². The molecule has 1 saturated carbocycles. The summed E-state index contributed by atoms with van der Waals surface area (Å²) in [4.78, 5) is 0. The molecular formula is C17H23N. The molecule has 0 radical (unpaired) electrons. The van der Waals surface area contributed by atoms with Crippen molar-refractivity contribution < 1.29 is 0 Å². The zero-order valence-corrected chi connectivity index (χ0v) is 11.2. The molecule has 0 aliphatic heterocycles. The van der Waals surface area contributed by atoms with Crippen LogP contribution in [0.4, 0.5) is 0 Å². The maximum absolute atomic E-state index is 3.78. The molecule has 18 heavy (non-hydrogen) atoms. The third-order valence-electron chi connectivity index (χ3n) is 4.46. The van der Waals surface area contributed by atoms with Gasteiger partial charge in [-0.1, -0.05) is 43.3 Å². The van der Waals surface area contributed by atoms with E-state index in [1.54, 1.807) is 5.57 Å². The zero-order valence-electron chi connectivity index (χ0n) is 11.2. The van der Waals surface area contributed by atoms with Gasteiger partial charge in [-0.3, -0.25) is 0 Å². The Morgan fingerprint density at radius 3 is 2.78 bits per heavy atom. The summed E-state index contributed by atoms with van der Waals surface area (Å²) < 4.78 is 0. The summed E-state index contributed by atoms with van der Waals surface area (Å²) in [6.07, 6.45) is 7.96. The number of allylic oxidation sites excluding steroid dienone is 1. The summed E-state index contributed by atoms with van der Waals surface area (Å²) >= 11 is 0. The molecule has 2 aliphatic carbocycles. The number of benzene rings is 1. The van der Waals surface area contributed by atoms with Gasteiger partial charge in [-0.05, 0) is 55.2 Å². The first-order valence-corrected chi connectivity index (χ1v) is 7.39. The Kier molecular flexibility index (Phi) is 3.51. The monoisotopic (exact) mass is 241 g/mol. The van der Waals surface area contributed by atoms with Gasteiger partial charge in [-0.2, -0.15) is 0 Å². The van der Waals surface area contributed by atoms with Crippen molar-refractivity contribution in [3.8, 4) is 0 Å². The van der Waals surface area contributed by atoms with Crippen molar-refractivity contribution >= 4 is 5.57 Å². The van der Waals surface area contributed by atoms with Crippen LogP contribution in [-0.2, 0) is 0 Å². The Hall–Kier alpha value is -1.08. The van der Waals surface area contributed by atoms with E-state index in [-0.39, 0.29) is 0 Å². The summed E-state index contributed by atoms with van der Waals surface area (Å²) in [5, 5.41) is 3.78. The van der Waals surface area contributed by atoms with Gasteiger partial charge in [0, 0.05) is 6.04 Å². The molecule has 3 atom stereocenters. The van der Waals surface area contributed by atoms with Crippen LogP contribution in [0.15, 0.2) is 36.4 Å². The fourth-order valence-corrected chi connectivity index (χ4v) is 3.60. The smallest absolute Gasteiger partial charge is 0.0351 e. The molecule has 1 nitrogen and oxygen atoms in total. The van der Waals surface area contributed by atoms with Crippen molar-refractivity contribution in [2.75, 3.05) is 6.54 Å². The Bertz CT molecular complexity index is 420. The van der Waals surface area contributed by atoms with Crippen molar-refractivity contribution in [1.82, 2.24) is 5.32 Å². The number of fused-ring (bicyclic) bond motifs is 2. The molecule has 2 bridgehead atoms. The highest BCUT2D eigenvalue weighted by atomic mass is 14.9. The van der Waals surface area contributed by atoms with Gasteiger partial charge in [0.05, 0.1) is 0 Å². The maximum atomic E-state index is 3.78. The van der Waals surface area contributed by atoms with E-state index in [9.17, 15) is 0 Å². The first kappa shape index (κ1) is 12.0. The second kappa shape index (κ2) is 5.27. The van der Waals surface area contributed by atoms with E-state index < -0.39 is 0 Å². The molecule has 0 saturated heterocycles. The lowest BCUT2D eigenvalue weighted by atomic mass is 9.81. The van der Waals surface area contributed by atoms with E-state index in [1.807, 2.05) is 0 Å². The van der Waals surface area contributed by atoms with Gasteiger partial charge < -0.3 is 5.32 Å². The number of hydrogen-bond donors (Lipinski definition) is 1. The maximum Gasteiger partial charge on any atom is 0.0351 e. The molecule has 0 spiro atoms. The van der Waals surface area contributed by atoms with Crippen molar-refractivity contribution in [2.45, 2.75) is 38.6 Å². The van der Waals surface area contributed by atoms with Crippen LogP contribution in [0.1, 0.15) is 38.2 Å². The van der Waals surface area contributed by atoms with Crippen LogP contribution < -0.4 is 5.32 Å². The molecule has 3 rings (SSSR count). The first-order valence-electron chi connectivity index (χ1n) is 7.39. The van der Waals surface area contributed by atoms with Crippen LogP contribution in [0.25, 0.3) is 5.57 Å². The third-order valence-corrected chi connectivity index (χ3v) is 4.46. The molecule has 0 aromatic heterocycles. The normalized spacial score (nSPS) is 30.3. The van der Waals surface area contributed by atoms with Gasteiger partial charge in [0.25, 0.3) is 0 Å². The second-order valence-electron chi connectivity index (χ2n) is 5.75. The first-order chi connectivity index (χ1) is 8.88. The van der Waals surface area contributed by atoms with Crippen LogP contribution in [0.2, 0.25) is 0 Å². The fraction of sp³-hybridized carbons (Fsp3) is 0.529. The Balaban J connectivity index is 1.89. The second-order valence-corrected chi connectivity index (χ2v) is 5.75. The topological polar surface area (TPSA) is 12.0 Å². The van der Waals surface area contributed by atoms with Gasteiger partial charge in [0.1, 0.15) is 0 Å². The van der Waals surface area contributed by atoms with Gasteiger partial charge >= 0.3 is 0 Å². The third kappa shape index (κ3) is 2.24.